The van der Waals surface area contributed by atoms with Gasteiger partial charge in [0.25, 0.3) is 0 Å². The second-order valence-electron chi connectivity index (χ2n) is 5.79. The van der Waals surface area contributed by atoms with E-state index in [0.29, 0.717) is 37.6 Å². The first-order valence-electron chi connectivity index (χ1n) is 7.94. The Balaban J connectivity index is 1.53. The summed E-state index contributed by atoms with van der Waals surface area (Å²) >= 11 is 0. The smallest absolute Gasteiger partial charge is 0.244 e. The van der Waals surface area contributed by atoms with Gasteiger partial charge in [-0.2, -0.15) is 5.10 Å². The number of nitrogens with zero attached hydrogens (tertiary/aromatic N) is 6. The SMILES string of the molecule is Cc1nonc1CC(=O)N1CCCN(C(=O)Cn2cccn2)CC1. The van der Waals surface area contributed by atoms with Crippen molar-refractivity contribution in [2.75, 3.05) is 26.2 Å². The first-order chi connectivity index (χ1) is 11.6. The van der Waals surface area contributed by atoms with Crippen LogP contribution in [0.25, 0.3) is 0 Å². The number of hydrogen-bond acceptors (Lipinski definition) is 6. The summed E-state index contributed by atoms with van der Waals surface area (Å²) in [7, 11) is 0. The summed E-state index contributed by atoms with van der Waals surface area (Å²) < 4.78 is 6.23. The number of aromatic nitrogens is 4. The molecule has 0 radical (unpaired) electrons. The molecule has 1 aliphatic heterocycles. The van der Waals surface area contributed by atoms with Gasteiger partial charge in [-0.3, -0.25) is 14.3 Å². The number of hydrogen-bond donors (Lipinski definition) is 0. The quantitative estimate of drug-likeness (QED) is 0.774. The van der Waals surface area contributed by atoms with Crippen LogP contribution in [0.15, 0.2) is 23.1 Å². The van der Waals surface area contributed by atoms with Crippen LogP contribution in [0, 0.1) is 6.92 Å². The van der Waals surface area contributed by atoms with E-state index in [4.69, 9.17) is 0 Å². The van der Waals surface area contributed by atoms with Gasteiger partial charge in [0.15, 0.2) is 0 Å². The topological polar surface area (TPSA) is 97.4 Å². The molecule has 9 nitrogen and oxygen atoms in total. The normalized spacial score (nSPS) is 15.4. The van der Waals surface area contributed by atoms with Gasteiger partial charge in [0, 0.05) is 38.6 Å². The third-order valence-electron chi connectivity index (χ3n) is 4.12. The summed E-state index contributed by atoms with van der Waals surface area (Å²) in [6.07, 6.45) is 4.35. The molecule has 0 spiro atoms. The fourth-order valence-electron chi connectivity index (χ4n) is 2.71. The second-order valence-corrected chi connectivity index (χ2v) is 5.79. The Bertz CT molecular complexity index is 696. The number of carbonyl (C=O) groups excluding carboxylic acids is 2. The maximum absolute atomic E-state index is 12.4. The lowest BCUT2D eigenvalue weighted by atomic mass is 10.2. The van der Waals surface area contributed by atoms with Crippen LogP contribution in [0.3, 0.4) is 0 Å². The molecule has 9 heteroatoms. The average Bonchev–Trinajstić information content (AvgIpc) is 3.13. The molecule has 0 aromatic carbocycles. The van der Waals surface area contributed by atoms with E-state index >= 15 is 0 Å². The van der Waals surface area contributed by atoms with E-state index in [0.717, 1.165) is 6.42 Å². The maximum atomic E-state index is 12.4. The molecule has 1 saturated heterocycles. The highest BCUT2D eigenvalue weighted by Gasteiger charge is 2.23. The van der Waals surface area contributed by atoms with Crippen LogP contribution in [-0.2, 0) is 22.6 Å². The summed E-state index contributed by atoms with van der Waals surface area (Å²) in [6.45, 7) is 4.32. The summed E-state index contributed by atoms with van der Waals surface area (Å²) in [5, 5.41) is 11.5. The summed E-state index contributed by atoms with van der Waals surface area (Å²) in [4.78, 5) is 28.3. The second kappa shape index (κ2) is 7.24. The zero-order valence-corrected chi connectivity index (χ0v) is 13.6. The van der Waals surface area contributed by atoms with Gasteiger partial charge in [-0.25, -0.2) is 4.63 Å². The molecule has 3 heterocycles. The molecular weight excluding hydrogens is 312 g/mol. The molecule has 0 saturated carbocycles. The van der Waals surface area contributed by atoms with Gasteiger partial charge in [-0.1, -0.05) is 10.3 Å². The van der Waals surface area contributed by atoms with Crippen molar-refractivity contribution in [3.05, 3.63) is 29.8 Å². The van der Waals surface area contributed by atoms with Crippen molar-refractivity contribution in [3.8, 4) is 0 Å². The highest BCUT2D eigenvalue weighted by Crippen LogP contribution is 2.09. The summed E-state index contributed by atoms with van der Waals surface area (Å²) in [5.41, 5.74) is 1.20. The van der Waals surface area contributed by atoms with Gasteiger partial charge < -0.3 is 9.80 Å². The van der Waals surface area contributed by atoms with Crippen LogP contribution in [0.4, 0.5) is 0 Å². The number of aryl methyl sites for hydroxylation is 1. The minimum atomic E-state index is -0.0184. The molecule has 2 aromatic heterocycles. The molecule has 1 fully saturated rings. The molecule has 128 valence electrons. The van der Waals surface area contributed by atoms with E-state index in [-0.39, 0.29) is 24.8 Å². The van der Waals surface area contributed by atoms with E-state index in [2.05, 4.69) is 20.0 Å². The van der Waals surface area contributed by atoms with Crippen LogP contribution in [-0.4, -0.2) is 67.9 Å². The van der Waals surface area contributed by atoms with Gasteiger partial charge in [0.1, 0.15) is 17.9 Å². The first-order valence-corrected chi connectivity index (χ1v) is 7.94. The van der Waals surface area contributed by atoms with E-state index in [1.165, 1.54) is 0 Å². The van der Waals surface area contributed by atoms with Crippen molar-refractivity contribution >= 4 is 11.8 Å². The Labute approximate surface area is 139 Å². The molecule has 0 atom stereocenters. The zero-order valence-electron chi connectivity index (χ0n) is 13.6. The van der Waals surface area contributed by atoms with Crippen LogP contribution in [0.1, 0.15) is 17.8 Å². The Kier molecular flexibility index (Phi) is 4.88. The van der Waals surface area contributed by atoms with Crippen LogP contribution >= 0.6 is 0 Å². The highest BCUT2D eigenvalue weighted by atomic mass is 16.6. The van der Waals surface area contributed by atoms with Gasteiger partial charge >= 0.3 is 0 Å². The van der Waals surface area contributed by atoms with Gasteiger partial charge in [0.2, 0.25) is 11.8 Å². The fraction of sp³-hybridized carbons (Fsp3) is 0.533. The third kappa shape index (κ3) is 3.79. The van der Waals surface area contributed by atoms with E-state index in [9.17, 15) is 9.59 Å². The predicted molar refractivity (Wildman–Crippen MR) is 82.7 cm³/mol. The van der Waals surface area contributed by atoms with Crippen molar-refractivity contribution in [1.82, 2.24) is 29.9 Å². The number of rotatable bonds is 4. The Morgan fingerprint density at radius 2 is 1.88 bits per heavy atom. The lowest BCUT2D eigenvalue weighted by Crippen LogP contribution is -2.39. The Morgan fingerprint density at radius 3 is 2.50 bits per heavy atom. The van der Waals surface area contributed by atoms with Gasteiger partial charge in [0.05, 0.1) is 6.42 Å². The minimum Gasteiger partial charge on any atom is -0.341 e. The van der Waals surface area contributed by atoms with Crippen molar-refractivity contribution in [2.24, 2.45) is 0 Å². The fourth-order valence-corrected chi connectivity index (χ4v) is 2.71. The summed E-state index contributed by atoms with van der Waals surface area (Å²) in [5.74, 6) is -0.000259. The zero-order chi connectivity index (χ0) is 16.9. The molecule has 2 aromatic rings. The molecular formula is C15H20N6O3. The van der Waals surface area contributed by atoms with Gasteiger partial charge in [-0.05, 0) is 19.4 Å². The van der Waals surface area contributed by atoms with E-state index < -0.39 is 0 Å². The third-order valence-corrected chi connectivity index (χ3v) is 4.12. The van der Waals surface area contributed by atoms with Crippen LogP contribution in [0.2, 0.25) is 0 Å². The first kappa shape index (κ1) is 16.2. The minimum absolute atomic E-state index is 0.0181. The number of amides is 2. The standard InChI is InChI=1S/C15H20N6O3/c1-12-13(18-24-17-12)10-14(22)19-5-3-6-20(9-8-19)15(23)11-21-7-2-4-16-21/h2,4,7H,3,5-6,8-11H2,1H3. The predicted octanol–water partition coefficient (Wildman–Crippen LogP) is -0.122. The largest absolute Gasteiger partial charge is 0.341 e. The van der Waals surface area contributed by atoms with Crippen molar-refractivity contribution in [1.29, 1.82) is 0 Å². The average molecular weight is 332 g/mol. The van der Waals surface area contributed by atoms with E-state index in [1.54, 1.807) is 39.9 Å². The number of carbonyl (C=O) groups is 2. The molecule has 3 rings (SSSR count). The van der Waals surface area contributed by atoms with Crippen molar-refractivity contribution in [3.63, 3.8) is 0 Å². The van der Waals surface area contributed by atoms with Crippen LogP contribution < -0.4 is 0 Å². The monoisotopic (exact) mass is 332 g/mol. The van der Waals surface area contributed by atoms with Crippen LogP contribution in [0.5, 0.6) is 0 Å². The van der Waals surface area contributed by atoms with Crippen molar-refractivity contribution in [2.45, 2.75) is 26.3 Å². The van der Waals surface area contributed by atoms with Gasteiger partial charge in [-0.15, -0.1) is 0 Å². The molecule has 0 aliphatic carbocycles. The summed E-state index contributed by atoms with van der Waals surface area (Å²) in [6, 6.07) is 1.79. The van der Waals surface area contributed by atoms with Crippen molar-refractivity contribution < 1.29 is 14.2 Å². The van der Waals surface area contributed by atoms with E-state index in [1.807, 2.05) is 0 Å². The molecule has 0 unspecified atom stereocenters. The maximum Gasteiger partial charge on any atom is 0.244 e. The molecule has 24 heavy (non-hydrogen) atoms. The molecule has 1 aliphatic rings. The Hall–Kier alpha value is -2.71. The molecule has 0 N–H and O–H groups in total. The molecule has 0 bridgehead atoms. The molecule has 2 amide bonds. The lowest BCUT2D eigenvalue weighted by molar-refractivity contribution is -0.133. The highest BCUT2D eigenvalue weighted by molar-refractivity contribution is 5.79. The Morgan fingerprint density at radius 1 is 1.12 bits per heavy atom. The lowest BCUT2D eigenvalue weighted by Gasteiger charge is -2.22.